The molecule has 1 amide bonds. The number of amides is 1. The first-order valence-corrected chi connectivity index (χ1v) is 8.87. The van der Waals surface area contributed by atoms with Crippen molar-refractivity contribution in [2.75, 3.05) is 6.54 Å². The van der Waals surface area contributed by atoms with Crippen molar-refractivity contribution in [3.05, 3.63) is 52.5 Å². The number of carbonyl (C=O) groups excluding carboxylic acids is 1. The Morgan fingerprint density at radius 2 is 2.18 bits per heavy atom. The SMILES string of the molecule is C[C@@H](Cc1ccccc1)C(=O)N1CCCC[C@@H]1c1nccs1. The third-order valence-electron chi connectivity index (χ3n) is 4.33. The van der Waals surface area contributed by atoms with Gasteiger partial charge in [0.15, 0.2) is 0 Å². The van der Waals surface area contributed by atoms with Crippen molar-refractivity contribution < 1.29 is 4.79 Å². The Bertz CT molecular complexity index is 597. The van der Waals surface area contributed by atoms with E-state index >= 15 is 0 Å². The average molecular weight is 314 g/mol. The van der Waals surface area contributed by atoms with Crippen LogP contribution in [0.4, 0.5) is 0 Å². The molecule has 1 aromatic carbocycles. The molecule has 0 spiro atoms. The van der Waals surface area contributed by atoms with Crippen LogP contribution in [0.2, 0.25) is 0 Å². The molecule has 3 rings (SSSR count). The van der Waals surface area contributed by atoms with Crippen LogP contribution in [-0.4, -0.2) is 22.3 Å². The molecular weight excluding hydrogens is 292 g/mol. The van der Waals surface area contributed by atoms with Crippen LogP contribution in [-0.2, 0) is 11.2 Å². The molecule has 1 aliphatic rings. The van der Waals surface area contributed by atoms with Crippen LogP contribution < -0.4 is 0 Å². The third kappa shape index (κ3) is 3.38. The molecule has 116 valence electrons. The molecule has 22 heavy (non-hydrogen) atoms. The highest BCUT2D eigenvalue weighted by molar-refractivity contribution is 7.09. The quantitative estimate of drug-likeness (QED) is 0.852. The van der Waals surface area contributed by atoms with Crippen LogP contribution in [0.5, 0.6) is 0 Å². The zero-order valence-corrected chi connectivity index (χ0v) is 13.8. The predicted octanol–water partition coefficient (Wildman–Crippen LogP) is 4.08. The topological polar surface area (TPSA) is 33.2 Å². The summed E-state index contributed by atoms with van der Waals surface area (Å²) in [5.74, 6) is 0.284. The second-order valence-electron chi connectivity index (χ2n) is 6.00. The maximum atomic E-state index is 12.9. The molecule has 0 unspecified atom stereocenters. The molecule has 0 bridgehead atoms. The highest BCUT2D eigenvalue weighted by Crippen LogP contribution is 2.33. The molecule has 3 nitrogen and oxygen atoms in total. The predicted molar refractivity (Wildman–Crippen MR) is 89.7 cm³/mol. The number of hydrogen-bond acceptors (Lipinski definition) is 3. The Morgan fingerprint density at radius 1 is 1.36 bits per heavy atom. The van der Waals surface area contributed by atoms with E-state index in [2.05, 4.69) is 22.0 Å². The molecule has 2 heterocycles. The lowest BCUT2D eigenvalue weighted by Gasteiger charge is -2.36. The zero-order chi connectivity index (χ0) is 15.4. The lowest BCUT2D eigenvalue weighted by molar-refractivity contribution is -0.139. The summed E-state index contributed by atoms with van der Waals surface area (Å²) in [7, 11) is 0. The molecule has 0 aliphatic carbocycles. The molecular formula is C18H22N2OS. The Hall–Kier alpha value is -1.68. The van der Waals surface area contributed by atoms with Crippen LogP contribution in [0.25, 0.3) is 0 Å². The van der Waals surface area contributed by atoms with Crippen molar-refractivity contribution in [2.24, 2.45) is 5.92 Å². The number of benzene rings is 1. The summed E-state index contributed by atoms with van der Waals surface area (Å²) >= 11 is 1.66. The van der Waals surface area contributed by atoms with Crippen LogP contribution >= 0.6 is 11.3 Å². The molecule has 1 saturated heterocycles. The van der Waals surface area contributed by atoms with Gasteiger partial charge in [-0.25, -0.2) is 4.98 Å². The number of rotatable bonds is 4. The summed E-state index contributed by atoms with van der Waals surface area (Å²) in [5.41, 5.74) is 1.23. The van der Waals surface area contributed by atoms with Gasteiger partial charge >= 0.3 is 0 Å². The summed E-state index contributed by atoms with van der Waals surface area (Å²) in [5, 5.41) is 3.08. The summed E-state index contributed by atoms with van der Waals surface area (Å²) in [6.45, 7) is 2.91. The summed E-state index contributed by atoms with van der Waals surface area (Å²) in [6, 6.07) is 10.5. The van der Waals surface area contributed by atoms with Crippen molar-refractivity contribution in [2.45, 2.75) is 38.6 Å². The van der Waals surface area contributed by atoms with E-state index in [9.17, 15) is 4.79 Å². The number of piperidine rings is 1. The number of aromatic nitrogens is 1. The van der Waals surface area contributed by atoms with Gasteiger partial charge in [-0.05, 0) is 31.2 Å². The first-order valence-electron chi connectivity index (χ1n) is 7.99. The maximum absolute atomic E-state index is 12.9. The highest BCUT2D eigenvalue weighted by Gasteiger charge is 2.31. The normalized spacial score (nSPS) is 19.9. The first-order chi connectivity index (χ1) is 10.8. The number of hydrogen-bond donors (Lipinski definition) is 0. The van der Waals surface area contributed by atoms with Crippen molar-refractivity contribution in [1.82, 2.24) is 9.88 Å². The Labute approximate surface area is 136 Å². The second-order valence-corrected chi connectivity index (χ2v) is 6.93. The molecule has 2 atom stereocenters. The van der Waals surface area contributed by atoms with E-state index in [0.717, 1.165) is 30.8 Å². The van der Waals surface area contributed by atoms with Gasteiger partial charge in [-0.15, -0.1) is 11.3 Å². The number of likely N-dealkylation sites (tertiary alicyclic amines) is 1. The molecule has 0 N–H and O–H groups in total. The average Bonchev–Trinajstić information content (AvgIpc) is 3.09. The van der Waals surface area contributed by atoms with Crippen molar-refractivity contribution in [1.29, 1.82) is 0 Å². The molecule has 0 saturated carbocycles. The summed E-state index contributed by atoms with van der Waals surface area (Å²) in [6.07, 6.45) is 5.97. The smallest absolute Gasteiger partial charge is 0.226 e. The van der Waals surface area contributed by atoms with E-state index in [4.69, 9.17) is 0 Å². The van der Waals surface area contributed by atoms with Crippen LogP contribution in [0, 0.1) is 5.92 Å². The Kier molecular flexibility index (Phi) is 4.88. The van der Waals surface area contributed by atoms with Gasteiger partial charge in [0.05, 0.1) is 6.04 Å². The van der Waals surface area contributed by atoms with Crippen LogP contribution in [0.1, 0.15) is 42.8 Å². The van der Waals surface area contributed by atoms with Crippen LogP contribution in [0.3, 0.4) is 0 Å². The minimum Gasteiger partial charge on any atom is -0.333 e. The third-order valence-corrected chi connectivity index (χ3v) is 5.21. The van der Waals surface area contributed by atoms with Crippen LogP contribution in [0.15, 0.2) is 41.9 Å². The fourth-order valence-electron chi connectivity index (χ4n) is 3.19. The van der Waals surface area contributed by atoms with E-state index in [0.29, 0.717) is 0 Å². The maximum Gasteiger partial charge on any atom is 0.226 e. The Morgan fingerprint density at radius 3 is 2.91 bits per heavy atom. The minimum atomic E-state index is 0.0166. The van der Waals surface area contributed by atoms with Gasteiger partial charge in [0.25, 0.3) is 0 Å². The van der Waals surface area contributed by atoms with Gasteiger partial charge < -0.3 is 4.90 Å². The standard InChI is InChI=1S/C18H22N2OS/c1-14(13-15-7-3-2-4-8-15)18(21)20-11-6-5-9-16(20)17-19-10-12-22-17/h2-4,7-8,10,12,14,16H,5-6,9,11,13H2,1H3/t14-,16+/m0/s1. The molecule has 2 aromatic rings. The zero-order valence-electron chi connectivity index (χ0n) is 12.9. The van der Waals surface area contributed by atoms with Crippen molar-refractivity contribution in [3.63, 3.8) is 0 Å². The van der Waals surface area contributed by atoms with Gasteiger partial charge in [-0.2, -0.15) is 0 Å². The molecule has 1 aromatic heterocycles. The molecule has 0 radical (unpaired) electrons. The van der Waals surface area contributed by atoms with E-state index < -0.39 is 0 Å². The van der Waals surface area contributed by atoms with Gasteiger partial charge in [-0.1, -0.05) is 37.3 Å². The van der Waals surface area contributed by atoms with Gasteiger partial charge in [0, 0.05) is 24.0 Å². The lowest BCUT2D eigenvalue weighted by Crippen LogP contribution is -2.41. The highest BCUT2D eigenvalue weighted by atomic mass is 32.1. The van der Waals surface area contributed by atoms with Crippen molar-refractivity contribution in [3.8, 4) is 0 Å². The van der Waals surface area contributed by atoms with Crippen molar-refractivity contribution >= 4 is 17.2 Å². The second kappa shape index (κ2) is 7.05. The number of thiazole rings is 1. The fraction of sp³-hybridized carbons (Fsp3) is 0.444. The van der Waals surface area contributed by atoms with E-state index in [1.807, 2.05) is 36.7 Å². The number of nitrogens with zero attached hydrogens (tertiary/aromatic N) is 2. The van der Waals surface area contributed by atoms with E-state index in [-0.39, 0.29) is 17.9 Å². The number of carbonyl (C=O) groups is 1. The molecule has 1 aliphatic heterocycles. The molecule has 1 fully saturated rings. The minimum absolute atomic E-state index is 0.0166. The van der Waals surface area contributed by atoms with E-state index in [1.165, 1.54) is 12.0 Å². The molecule has 4 heteroatoms. The van der Waals surface area contributed by atoms with Gasteiger partial charge in [0.1, 0.15) is 5.01 Å². The Balaban J connectivity index is 1.71. The van der Waals surface area contributed by atoms with Gasteiger partial charge in [0.2, 0.25) is 5.91 Å². The van der Waals surface area contributed by atoms with E-state index in [1.54, 1.807) is 11.3 Å². The summed E-state index contributed by atoms with van der Waals surface area (Å²) in [4.78, 5) is 19.4. The summed E-state index contributed by atoms with van der Waals surface area (Å²) < 4.78 is 0. The monoisotopic (exact) mass is 314 g/mol. The largest absolute Gasteiger partial charge is 0.333 e. The lowest BCUT2D eigenvalue weighted by atomic mass is 9.96. The fourth-order valence-corrected chi connectivity index (χ4v) is 3.97. The first kappa shape index (κ1) is 15.2. The van der Waals surface area contributed by atoms with Gasteiger partial charge in [-0.3, -0.25) is 4.79 Å².